The Morgan fingerprint density at radius 3 is 2.50 bits per heavy atom. The third kappa shape index (κ3) is 3.01. The molecule has 5 heteroatoms. The van der Waals surface area contributed by atoms with Crippen molar-refractivity contribution in [1.29, 1.82) is 5.26 Å². The smallest absolute Gasteiger partial charge is 0.272 e. The zero-order chi connectivity index (χ0) is 14.8. The summed E-state index contributed by atoms with van der Waals surface area (Å²) in [7, 11) is 0. The van der Waals surface area contributed by atoms with Gasteiger partial charge in [-0.2, -0.15) is 5.26 Å². The second kappa shape index (κ2) is 5.40. The number of carbonyl (C=O) groups excluding carboxylic acids is 1. The van der Waals surface area contributed by atoms with Crippen LogP contribution >= 0.6 is 11.6 Å². The molecule has 0 saturated heterocycles. The van der Waals surface area contributed by atoms with Crippen molar-refractivity contribution < 1.29 is 4.79 Å². The number of hydrogen-bond acceptors (Lipinski definition) is 2. The van der Waals surface area contributed by atoms with Crippen molar-refractivity contribution in [2.24, 2.45) is 0 Å². The third-order valence-corrected chi connectivity index (χ3v) is 3.25. The molecule has 0 aliphatic carbocycles. The van der Waals surface area contributed by atoms with Gasteiger partial charge in [-0.1, -0.05) is 23.7 Å². The van der Waals surface area contributed by atoms with E-state index in [2.05, 4.69) is 16.4 Å². The molecular formula is C15H14ClN3O. The zero-order valence-electron chi connectivity index (χ0n) is 11.2. The van der Waals surface area contributed by atoms with Gasteiger partial charge in [0.2, 0.25) is 0 Å². The largest absolute Gasteiger partial charge is 0.356 e. The Kier molecular flexibility index (Phi) is 3.82. The van der Waals surface area contributed by atoms with Gasteiger partial charge in [-0.3, -0.25) is 4.79 Å². The Morgan fingerprint density at radius 1 is 1.35 bits per heavy atom. The van der Waals surface area contributed by atoms with Crippen LogP contribution < -0.4 is 5.32 Å². The number of rotatable bonds is 3. The highest BCUT2D eigenvalue weighted by molar-refractivity contribution is 6.31. The van der Waals surface area contributed by atoms with E-state index < -0.39 is 5.41 Å². The van der Waals surface area contributed by atoms with Crippen LogP contribution in [0.15, 0.2) is 36.5 Å². The minimum Gasteiger partial charge on any atom is -0.356 e. The van der Waals surface area contributed by atoms with Crippen LogP contribution in [0.4, 0.5) is 5.69 Å². The van der Waals surface area contributed by atoms with Gasteiger partial charge in [0.15, 0.2) is 0 Å². The Morgan fingerprint density at radius 2 is 2.00 bits per heavy atom. The first-order valence-electron chi connectivity index (χ1n) is 6.09. The predicted octanol–water partition coefficient (Wildman–Crippen LogP) is 3.72. The monoisotopic (exact) mass is 287 g/mol. The zero-order valence-corrected chi connectivity index (χ0v) is 12.0. The van der Waals surface area contributed by atoms with Crippen molar-refractivity contribution >= 4 is 23.2 Å². The molecular weight excluding hydrogens is 274 g/mol. The summed E-state index contributed by atoms with van der Waals surface area (Å²) in [5, 5.41) is 12.3. The standard InChI is InChI=1S/C15H14ClN3O/c1-15(2,9-17)10-3-5-12(6-4-10)19-14(20)13-7-11(16)8-18-13/h3-8,18H,1-2H3,(H,19,20). The molecule has 1 aromatic carbocycles. The van der Waals surface area contributed by atoms with Crippen LogP contribution in [0.2, 0.25) is 5.02 Å². The van der Waals surface area contributed by atoms with Crippen LogP contribution in [0, 0.1) is 11.3 Å². The number of H-pyrrole nitrogens is 1. The van der Waals surface area contributed by atoms with Gasteiger partial charge in [0.05, 0.1) is 16.5 Å². The number of anilines is 1. The fourth-order valence-electron chi connectivity index (χ4n) is 1.73. The van der Waals surface area contributed by atoms with Crippen LogP contribution in [0.25, 0.3) is 0 Å². The van der Waals surface area contributed by atoms with Crippen molar-refractivity contribution in [1.82, 2.24) is 4.98 Å². The van der Waals surface area contributed by atoms with E-state index in [9.17, 15) is 4.79 Å². The first-order chi connectivity index (χ1) is 9.42. The molecule has 1 amide bonds. The van der Waals surface area contributed by atoms with E-state index in [1.54, 1.807) is 24.4 Å². The van der Waals surface area contributed by atoms with Gasteiger partial charge in [-0.25, -0.2) is 0 Å². The second-order valence-corrected chi connectivity index (χ2v) is 5.44. The predicted molar refractivity (Wildman–Crippen MR) is 78.8 cm³/mol. The highest BCUT2D eigenvalue weighted by Gasteiger charge is 2.19. The number of aromatic amines is 1. The molecule has 2 N–H and O–H groups in total. The average Bonchev–Trinajstić information content (AvgIpc) is 2.86. The van der Waals surface area contributed by atoms with Crippen LogP contribution in [0.3, 0.4) is 0 Å². The molecule has 0 bridgehead atoms. The molecule has 4 nitrogen and oxygen atoms in total. The van der Waals surface area contributed by atoms with Crippen molar-refractivity contribution in [3.05, 3.63) is 52.8 Å². The molecule has 0 fully saturated rings. The lowest BCUT2D eigenvalue weighted by Gasteiger charge is -2.16. The summed E-state index contributed by atoms with van der Waals surface area (Å²) in [6, 6.07) is 11.0. The minimum absolute atomic E-state index is 0.260. The molecule has 20 heavy (non-hydrogen) atoms. The molecule has 0 unspecified atom stereocenters. The molecule has 0 radical (unpaired) electrons. The summed E-state index contributed by atoms with van der Waals surface area (Å²) in [5.41, 5.74) is 1.42. The van der Waals surface area contributed by atoms with Crippen LogP contribution in [-0.2, 0) is 5.41 Å². The van der Waals surface area contributed by atoms with Crippen LogP contribution in [-0.4, -0.2) is 10.9 Å². The second-order valence-electron chi connectivity index (χ2n) is 5.00. The normalized spacial score (nSPS) is 10.9. The van der Waals surface area contributed by atoms with E-state index in [4.69, 9.17) is 16.9 Å². The Labute approximate surface area is 122 Å². The van der Waals surface area contributed by atoms with Gasteiger partial charge in [0.1, 0.15) is 5.69 Å². The van der Waals surface area contributed by atoms with Gasteiger partial charge < -0.3 is 10.3 Å². The number of aromatic nitrogens is 1. The van der Waals surface area contributed by atoms with E-state index in [1.165, 1.54) is 0 Å². The number of nitriles is 1. The summed E-state index contributed by atoms with van der Waals surface area (Å²) >= 11 is 5.75. The first kappa shape index (κ1) is 14.2. The number of amides is 1. The average molecular weight is 288 g/mol. The van der Waals surface area contributed by atoms with Crippen LogP contribution in [0.5, 0.6) is 0 Å². The Balaban J connectivity index is 2.12. The van der Waals surface area contributed by atoms with Gasteiger partial charge in [0.25, 0.3) is 5.91 Å². The SMILES string of the molecule is CC(C)(C#N)c1ccc(NC(=O)c2cc(Cl)c[nH]2)cc1. The molecule has 0 aliphatic rings. The van der Waals surface area contributed by atoms with Gasteiger partial charge >= 0.3 is 0 Å². The van der Waals surface area contributed by atoms with E-state index in [-0.39, 0.29) is 5.91 Å². The lowest BCUT2D eigenvalue weighted by molar-refractivity contribution is 0.102. The molecule has 2 aromatic rings. The number of hydrogen-bond donors (Lipinski definition) is 2. The summed E-state index contributed by atoms with van der Waals surface area (Å²) < 4.78 is 0. The number of carbonyl (C=O) groups is 1. The number of halogens is 1. The molecule has 1 heterocycles. The fraction of sp³-hybridized carbons (Fsp3) is 0.200. The molecule has 1 aromatic heterocycles. The van der Waals surface area contributed by atoms with Crippen molar-refractivity contribution in [2.75, 3.05) is 5.32 Å². The van der Waals surface area contributed by atoms with Gasteiger partial charge in [0, 0.05) is 11.9 Å². The van der Waals surface area contributed by atoms with Gasteiger partial charge in [-0.15, -0.1) is 0 Å². The quantitative estimate of drug-likeness (QED) is 0.903. The summed E-state index contributed by atoms with van der Waals surface area (Å²) in [6.45, 7) is 3.70. The first-order valence-corrected chi connectivity index (χ1v) is 6.47. The molecule has 0 aliphatic heterocycles. The van der Waals surface area contributed by atoms with Crippen molar-refractivity contribution in [3.63, 3.8) is 0 Å². The highest BCUT2D eigenvalue weighted by atomic mass is 35.5. The third-order valence-electron chi connectivity index (χ3n) is 3.04. The lowest BCUT2D eigenvalue weighted by Crippen LogP contribution is -2.15. The maximum Gasteiger partial charge on any atom is 0.272 e. The van der Waals surface area contributed by atoms with E-state index in [1.807, 2.05) is 26.0 Å². The summed E-state index contributed by atoms with van der Waals surface area (Å²) in [5.74, 6) is -0.260. The Hall–Kier alpha value is -2.25. The van der Waals surface area contributed by atoms with E-state index >= 15 is 0 Å². The number of benzene rings is 1. The Bertz CT molecular complexity index is 665. The molecule has 0 spiro atoms. The maximum atomic E-state index is 11.9. The maximum absolute atomic E-state index is 11.9. The number of nitrogens with one attached hydrogen (secondary N) is 2. The summed E-state index contributed by atoms with van der Waals surface area (Å²) in [6.07, 6.45) is 1.55. The fourth-order valence-corrected chi connectivity index (χ4v) is 1.90. The topological polar surface area (TPSA) is 68.7 Å². The van der Waals surface area contributed by atoms with Crippen molar-refractivity contribution in [2.45, 2.75) is 19.3 Å². The lowest BCUT2D eigenvalue weighted by atomic mass is 9.86. The molecule has 2 rings (SSSR count). The van der Waals surface area contributed by atoms with Crippen LogP contribution in [0.1, 0.15) is 29.9 Å². The summed E-state index contributed by atoms with van der Waals surface area (Å²) in [4.78, 5) is 14.7. The minimum atomic E-state index is -0.546. The molecule has 102 valence electrons. The number of nitrogens with zero attached hydrogens (tertiary/aromatic N) is 1. The highest BCUT2D eigenvalue weighted by Crippen LogP contribution is 2.23. The van der Waals surface area contributed by atoms with Crippen molar-refractivity contribution in [3.8, 4) is 6.07 Å². The van der Waals surface area contributed by atoms with Gasteiger partial charge in [-0.05, 0) is 37.6 Å². The van der Waals surface area contributed by atoms with E-state index in [0.29, 0.717) is 16.4 Å². The molecule has 0 saturated carbocycles. The molecule has 0 atom stereocenters. The van der Waals surface area contributed by atoms with E-state index in [0.717, 1.165) is 5.56 Å².